The molecule has 0 spiro atoms. The average Bonchev–Trinajstić information content (AvgIpc) is 2.91. The number of nitrogens with zero attached hydrogens (tertiary/aromatic N) is 2. The number of nitrogens with one attached hydrogen (secondary N) is 1. The van der Waals surface area contributed by atoms with Gasteiger partial charge in [-0.05, 0) is 12.8 Å². The Bertz CT molecular complexity index is 971. The first kappa shape index (κ1) is 21.2. The molecule has 2 fully saturated rings. The van der Waals surface area contributed by atoms with Crippen LogP contribution in [0.5, 0.6) is 0 Å². The number of amides is 2. The zero-order valence-electron chi connectivity index (χ0n) is 16.5. The maximum absolute atomic E-state index is 13.8. The number of aliphatic hydroxyl groups is 1. The molecule has 4 rings (SSSR count). The van der Waals surface area contributed by atoms with Crippen LogP contribution in [0, 0.1) is 23.4 Å². The molecule has 3 heterocycles. The third-order valence-corrected chi connectivity index (χ3v) is 6.01. The van der Waals surface area contributed by atoms with Gasteiger partial charge in [0.05, 0.1) is 12.7 Å². The number of benzene rings is 1. The van der Waals surface area contributed by atoms with Crippen molar-refractivity contribution in [3.63, 3.8) is 0 Å². The fourth-order valence-corrected chi connectivity index (χ4v) is 4.38. The highest BCUT2D eigenvalue weighted by Crippen LogP contribution is 2.36. The molecule has 0 unspecified atom stereocenters. The first-order chi connectivity index (χ1) is 14.8. The van der Waals surface area contributed by atoms with E-state index in [1.165, 1.54) is 11.1 Å². The van der Waals surface area contributed by atoms with Crippen LogP contribution in [0.2, 0.25) is 0 Å². The molecule has 2 bridgehead atoms. The van der Waals surface area contributed by atoms with Gasteiger partial charge in [-0.25, -0.2) is 13.2 Å². The van der Waals surface area contributed by atoms with Crippen LogP contribution in [0.25, 0.3) is 0 Å². The van der Waals surface area contributed by atoms with Gasteiger partial charge in [0, 0.05) is 61.4 Å². The number of carbonyl (C=O) groups is 2. The first-order valence-corrected chi connectivity index (χ1v) is 9.98. The van der Waals surface area contributed by atoms with Gasteiger partial charge in [-0.3, -0.25) is 14.0 Å². The minimum absolute atomic E-state index is 0.0313. The average molecular weight is 439 g/mol. The van der Waals surface area contributed by atoms with Gasteiger partial charge < -0.3 is 20.2 Å². The zero-order chi connectivity index (χ0) is 22.3. The Hall–Kier alpha value is -3.04. The van der Waals surface area contributed by atoms with Crippen molar-refractivity contribution < 1.29 is 32.3 Å². The van der Waals surface area contributed by atoms with E-state index in [9.17, 15) is 32.3 Å². The summed E-state index contributed by atoms with van der Waals surface area (Å²) in [6.45, 7) is -0.381. The van der Waals surface area contributed by atoms with Crippen LogP contribution in [0.1, 0.15) is 24.8 Å². The van der Waals surface area contributed by atoms with Crippen molar-refractivity contribution in [2.24, 2.45) is 5.92 Å². The lowest BCUT2D eigenvalue weighted by molar-refractivity contribution is -0.133. The molecule has 10 heteroatoms. The Labute approximate surface area is 175 Å². The molecule has 6 nitrogen and oxygen atoms in total. The summed E-state index contributed by atoms with van der Waals surface area (Å²) in [5, 5.41) is 12.9. The van der Waals surface area contributed by atoms with E-state index in [1.807, 2.05) is 0 Å². The predicted molar refractivity (Wildman–Crippen MR) is 101 cm³/mol. The summed E-state index contributed by atoms with van der Waals surface area (Å²) in [5.41, 5.74) is -0.410. The fraction of sp³-hybridized carbons (Fsp3) is 0.429. The third-order valence-electron chi connectivity index (χ3n) is 6.01. The lowest BCUT2D eigenvalue weighted by Crippen LogP contribution is -2.55. The number of piperazine rings is 1. The van der Waals surface area contributed by atoms with Crippen molar-refractivity contribution in [1.29, 1.82) is 0 Å². The largest absolute Gasteiger partial charge is 0.510 e. The molecule has 0 radical (unpaired) electrons. The summed E-state index contributed by atoms with van der Waals surface area (Å²) in [6, 6.07) is 0.594. The number of hydrogen-bond acceptors (Lipinski definition) is 4. The minimum atomic E-state index is -1.13. The molecule has 31 heavy (non-hydrogen) atoms. The van der Waals surface area contributed by atoms with E-state index in [-0.39, 0.29) is 41.8 Å². The standard InChI is InChI=1S/C21H21F4N3O3/c22-7-11-2-1-3-27-10-17(11)28-9-12(4-18(29)19(28)21(27)31)20(30)26-8-14-15(24)5-13(23)6-16(14)25/h5-6,9,11,17,29H,1-4,7-8,10H2,(H,26,30)/t11-,17-/m1/s1. The summed E-state index contributed by atoms with van der Waals surface area (Å²) < 4.78 is 54.3. The summed E-state index contributed by atoms with van der Waals surface area (Å²) in [7, 11) is 0. The molecule has 2 amide bonds. The Morgan fingerprint density at radius 2 is 1.94 bits per heavy atom. The summed E-state index contributed by atoms with van der Waals surface area (Å²) >= 11 is 0. The Morgan fingerprint density at radius 3 is 2.61 bits per heavy atom. The minimum Gasteiger partial charge on any atom is -0.510 e. The second-order valence-corrected chi connectivity index (χ2v) is 7.94. The lowest BCUT2D eigenvalue weighted by Gasteiger charge is -2.44. The van der Waals surface area contributed by atoms with Gasteiger partial charge in [0.25, 0.3) is 5.91 Å². The molecule has 0 saturated carbocycles. The van der Waals surface area contributed by atoms with Crippen LogP contribution in [0.4, 0.5) is 17.6 Å². The van der Waals surface area contributed by atoms with Crippen LogP contribution in [-0.2, 0) is 16.1 Å². The summed E-state index contributed by atoms with van der Waals surface area (Å²) in [6.07, 6.45) is 2.35. The molecular weight excluding hydrogens is 418 g/mol. The SMILES string of the molecule is O=C(NCc1c(F)cc(F)cc1F)C1=CN2C(=C(O)C1)C(=O)N1CCC[C@H](CF)[C@H]2C1. The third kappa shape index (κ3) is 3.86. The highest BCUT2D eigenvalue weighted by molar-refractivity contribution is 5.98. The smallest absolute Gasteiger partial charge is 0.274 e. The van der Waals surface area contributed by atoms with Crippen LogP contribution >= 0.6 is 0 Å². The molecule has 166 valence electrons. The van der Waals surface area contributed by atoms with Crippen LogP contribution in [0.15, 0.2) is 35.4 Å². The van der Waals surface area contributed by atoms with Gasteiger partial charge in [0.2, 0.25) is 5.91 Å². The Kier molecular flexibility index (Phi) is 5.63. The van der Waals surface area contributed by atoms with Gasteiger partial charge in [0.15, 0.2) is 0 Å². The number of hydrogen-bond donors (Lipinski definition) is 2. The number of fused-ring (bicyclic) bond motifs is 4. The molecule has 0 aliphatic carbocycles. The molecule has 1 aromatic rings. The van der Waals surface area contributed by atoms with Crippen molar-refractivity contribution in [3.8, 4) is 0 Å². The highest BCUT2D eigenvalue weighted by Gasteiger charge is 2.44. The number of allylic oxidation sites excluding steroid dienone is 1. The molecule has 3 aliphatic rings. The molecule has 1 aromatic carbocycles. The lowest BCUT2D eigenvalue weighted by atomic mass is 9.92. The van der Waals surface area contributed by atoms with Crippen LogP contribution < -0.4 is 5.32 Å². The Balaban J connectivity index is 1.57. The van der Waals surface area contributed by atoms with E-state index in [0.717, 1.165) is 0 Å². The molecule has 3 aliphatic heterocycles. The zero-order valence-corrected chi connectivity index (χ0v) is 16.5. The molecule has 2 saturated heterocycles. The number of alkyl halides is 1. The summed E-state index contributed by atoms with van der Waals surface area (Å²) in [4.78, 5) is 28.4. The second kappa shape index (κ2) is 8.24. The molecule has 0 aromatic heterocycles. The van der Waals surface area contributed by atoms with Crippen LogP contribution in [-0.4, -0.2) is 52.5 Å². The maximum Gasteiger partial charge on any atom is 0.274 e. The molecule has 2 N–H and O–H groups in total. The number of rotatable bonds is 4. The van der Waals surface area contributed by atoms with Crippen LogP contribution in [0.3, 0.4) is 0 Å². The van der Waals surface area contributed by atoms with E-state index in [4.69, 9.17) is 0 Å². The monoisotopic (exact) mass is 439 g/mol. The van der Waals surface area contributed by atoms with E-state index in [2.05, 4.69) is 5.32 Å². The van der Waals surface area contributed by atoms with Gasteiger partial charge in [-0.1, -0.05) is 0 Å². The van der Waals surface area contributed by atoms with Crippen molar-refractivity contribution >= 4 is 11.8 Å². The topological polar surface area (TPSA) is 72.9 Å². The normalized spacial score (nSPS) is 23.4. The van der Waals surface area contributed by atoms with Crippen molar-refractivity contribution in [3.05, 3.63) is 58.4 Å². The van der Waals surface area contributed by atoms with Crippen molar-refractivity contribution in [2.45, 2.75) is 31.8 Å². The van der Waals surface area contributed by atoms with E-state index < -0.39 is 48.2 Å². The fourth-order valence-electron chi connectivity index (χ4n) is 4.38. The number of aliphatic hydroxyl groups excluding tert-OH is 1. The quantitative estimate of drug-likeness (QED) is 0.708. The van der Waals surface area contributed by atoms with E-state index >= 15 is 0 Å². The molecular formula is C21H21F4N3O3. The van der Waals surface area contributed by atoms with Crippen molar-refractivity contribution in [1.82, 2.24) is 15.1 Å². The number of halogens is 4. The molecule has 2 atom stereocenters. The van der Waals surface area contributed by atoms with Gasteiger partial charge in [0.1, 0.15) is 28.9 Å². The summed E-state index contributed by atoms with van der Waals surface area (Å²) in [5.74, 6) is -5.11. The first-order valence-electron chi connectivity index (χ1n) is 9.98. The van der Waals surface area contributed by atoms with E-state index in [0.29, 0.717) is 31.5 Å². The maximum atomic E-state index is 13.8. The van der Waals surface area contributed by atoms with Gasteiger partial charge in [-0.2, -0.15) is 0 Å². The van der Waals surface area contributed by atoms with Gasteiger partial charge >= 0.3 is 0 Å². The Morgan fingerprint density at radius 1 is 1.23 bits per heavy atom. The van der Waals surface area contributed by atoms with Crippen molar-refractivity contribution in [2.75, 3.05) is 19.8 Å². The number of carbonyl (C=O) groups excluding carboxylic acids is 2. The highest BCUT2D eigenvalue weighted by atomic mass is 19.1. The second-order valence-electron chi connectivity index (χ2n) is 7.94. The predicted octanol–water partition coefficient (Wildman–Crippen LogP) is 2.67. The van der Waals surface area contributed by atoms with Gasteiger partial charge in [-0.15, -0.1) is 0 Å². The van der Waals surface area contributed by atoms with E-state index in [1.54, 1.807) is 4.90 Å².